The highest BCUT2D eigenvalue weighted by Crippen LogP contribution is 2.51. The zero-order chi connectivity index (χ0) is 16.0. The number of allylic oxidation sites excluding steroid dienone is 5. The highest BCUT2D eigenvalue weighted by molar-refractivity contribution is 7.82. The van der Waals surface area contributed by atoms with E-state index >= 15 is 0 Å². The van der Waals surface area contributed by atoms with Crippen LogP contribution in [0, 0.1) is 10.8 Å². The molecule has 0 spiro atoms. The molecule has 0 aliphatic heterocycles. The Balaban J connectivity index is 5.95. The predicted molar refractivity (Wildman–Crippen MR) is 97.5 cm³/mol. The van der Waals surface area contributed by atoms with Gasteiger partial charge in [-0.2, -0.15) is 12.6 Å². The van der Waals surface area contributed by atoms with Crippen molar-refractivity contribution in [3.63, 3.8) is 0 Å². The van der Waals surface area contributed by atoms with Gasteiger partial charge in [0.25, 0.3) is 0 Å². The van der Waals surface area contributed by atoms with Gasteiger partial charge in [-0.05, 0) is 29.2 Å². The van der Waals surface area contributed by atoms with E-state index in [1.54, 1.807) is 6.08 Å². The first kappa shape index (κ1) is 19.3. The zero-order valence-electron chi connectivity index (χ0n) is 14.2. The highest BCUT2D eigenvalue weighted by Gasteiger charge is 2.45. The van der Waals surface area contributed by atoms with Crippen LogP contribution in [0.4, 0.5) is 0 Å². The molecule has 0 aliphatic carbocycles. The van der Waals surface area contributed by atoms with E-state index in [4.69, 9.17) is 12.6 Å². The normalized spacial score (nSPS) is 17.1. The predicted octanol–water partition coefficient (Wildman–Crippen LogP) is 6.38. The molecule has 1 heteroatoms. The Labute approximate surface area is 132 Å². The van der Waals surface area contributed by atoms with Crippen LogP contribution in [0.2, 0.25) is 0 Å². The number of hydrogen-bond acceptors (Lipinski definition) is 1. The first-order valence-corrected chi connectivity index (χ1v) is 7.83. The minimum absolute atomic E-state index is 0.0870. The Hall–Kier alpha value is -0.690. The molecule has 0 heterocycles. The van der Waals surface area contributed by atoms with Gasteiger partial charge in [-0.3, -0.25) is 0 Å². The average molecular weight is 293 g/mol. The standard InChI is InChI=1S/C19H32S/c1-9-12-14-16(13-10-2)19(20,15-17(4,5)6)18(7,8)11-3/h9-10,12-14,20H,1-2,11,15H2,3-8H3/b14-12-,16-13+/t19-/m1/s1. The van der Waals surface area contributed by atoms with E-state index in [2.05, 4.69) is 66.9 Å². The van der Waals surface area contributed by atoms with Crippen LogP contribution in [-0.4, -0.2) is 4.75 Å². The lowest BCUT2D eigenvalue weighted by Crippen LogP contribution is -2.43. The van der Waals surface area contributed by atoms with Crippen molar-refractivity contribution in [2.75, 3.05) is 0 Å². The molecule has 0 nitrogen and oxygen atoms in total. The molecule has 0 fully saturated rings. The Morgan fingerprint density at radius 3 is 1.95 bits per heavy atom. The molecular formula is C19H32S. The third-order valence-electron chi connectivity index (χ3n) is 3.98. The summed E-state index contributed by atoms with van der Waals surface area (Å²) in [6.45, 7) is 21.3. The Morgan fingerprint density at radius 1 is 1.05 bits per heavy atom. The van der Waals surface area contributed by atoms with Crippen LogP contribution in [0.3, 0.4) is 0 Å². The van der Waals surface area contributed by atoms with Crippen molar-refractivity contribution in [1.29, 1.82) is 0 Å². The van der Waals surface area contributed by atoms with E-state index in [0.717, 1.165) is 12.8 Å². The van der Waals surface area contributed by atoms with Crippen LogP contribution in [0.25, 0.3) is 0 Å². The smallest absolute Gasteiger partial charge is 0.0433 e. The van der Waals surface area contributed by atoms with E-state index in [0.29, 0.717) is 0 Å². The second-order valence-electron chi connectivity index (χ2n) is 7.29. The topological polar surface area (TPSA) is 0 Å². The minimum atomic E-state index is -0.201. The molecule has 0 aromatic carbocycles. The molecule has 0 rings (SSSR count). The van der Waals surface area contributed by atoms with E-state index in [9.17, 15) is 0 Å². The molecule has 0 saturated carbocycles. The molecule has 1 atom stereocenters. The van der Waals surface area contributed by atoms with Crippen molar-refractivity contribution in [1.82, 2.24) is 0 Å². The number of thiol groups is 1. The summed E-state index contributed by atoms with van der Waals surface area (Å²) in [6.07, 6.45) is 11.9. The largest absolute Gasteiger partial charge is 0.167 e. The summed E-state index contributed by atoms with van der Waals surface area (Å²) in [7, 11) is 0. The molecule has 0 amide bonds. The van der Waals surface area contributed by atoms with Crippen LogP contribution in [0.5, 0.6) is 0 Å². The maximum Gasteiger partial charge on any atom is 0.0433 e. The summed E-state index contributed by atoms with van der Waals surface area (Å²) < 4.78 is -0.201. The van der Waals surface area contributed by atoms with Gasteiger partial charge in [-0.15, -0.1) is 0 Å². The number of hydrogen-bond donors (Lipinski definition) is 1. The quantitative estimate of drug-likeness (QED) is 0.408. The van der Waals surface area contributed by atoms with Gasteiger partial charge in [0.15, 0.2) is 0 Å². The fourth-order valence-electron chi connectivity index (χ4n) is 2.42. The van der Waals surface area contributed by atoms with Crippen molar-refractivity contribution in [3.8, 4) is 0 Å². The van der Waals surface area contributed by atoms with Gasteiger partial charge >= 0.3 is 0 Å². The van der Waals surface area contributed by atoms with Gasteiger partial charge in [0, 0.05) is 4.75 Å². The second-order valence-corrected chi connectivity index (χ2v) is 8.05. The molecule has 0 aromatic heterocycles. The third-order valence-corrected chi connectivity index (χ3v) is 5.00. The molecular weight excluding hydrogens is 260 g/mol. The van der Waals surface area contributed by atoms with Crippen molar-refractivity contribution in [2.24, 2.45) is 10.8 Å². The van der Waals surface area contributed by atoms with Crippen LogP contribution in [0.1, 0.15) is 54.4 Å². The molecule has 0 unspecified atom stereocenters. The van der Waals surface area contributed by atoms with Gasteiger partial charge in [-0.25, -0.2) is 0 Å². The molecule has 0 radical (unpaired) electrons. The van der Waals surface area contributed by atoms with Crippen LogP contribution >= 0.6 is 12.6 Å². The Bertz CT molecular complexity index is 390. The summed E-state index contributed by atoms with van der Waals surface area (Å²) in [4.78, 5) is 0. The highest BCUT2D eigenvalue weighted by atomic mass is 32.1. The molecule has 0 aliphatic rings. The molecule has 0 N–H and O–H groups in total. The molecule has 0 bridgehead atoms. The van der Waals surface area contributed by atoms with Crippen LogP contribution < -0.4 is 0 Å². The van der Waals surface area contributed by atoms with Gasteiger partial charge in [0.2, 0.25) is 0 Å². The average Bonchev–Trinajstić information content (AvgIpc) is 2.31. The summed E-state index contributed by atoms with van der Waals surface area (Å²) in [5.41, 5.74) is 1.50. The van der Waals surface area contributed by atoms with Crippen molar-refractivity contribution in [3.05, 3.63) is 49.1 Å². The van der Waals surface area contributed by atoms with Gasteiger partial charge in [0.1, 0.15) is 0 Å². The molecule has 20 heavy (non-hydrogen) atoms. The summed E-state index contributed by atoms with van der Waals surface area (Å²) in [5, 5.41) is 0. The fraction of sp³-hybridized carbons (Fsp3) is 0.579. The molecule has 0 aromatic rings. The van der Waals surface area contributed by atoms with E-state index < -0.39 is 0 Å². The molecule has 0 saturated heterocycles. The maximum atomic E-state index is 5.17. The maximum absolute atomic E-state index is 5.17. The van der Waals surface area contributed by atoms with E-state index in [-0.39, 0.29) is 15.6 Å². The van der Waals surface area contributed by atoms with Crippen molar-refractivity contribution < 1.29 is 0 Å². The monoisotopic (exact) mass is 292 g/mol. The van der Waals surface area contributed by atoms with Gasteiger partial charge in [-0.1, -0.05) is 85.1 Å². The van der Waals surface area contributed by atoms with Gasteiger partial charge in [0.05, 0.1) is 0 Å². The minimum Gasteiger partial charge on any atom is -0.167 e. The lowest BCUT2D eigenvalue weighted by Gasteiger charge is -2.47. The summed E-state index contributed by atoms with van der Waals surface area (Å²) in [5.74, 6) is 0. The Kier molecular flexibility index (Phi) is 7.10. The second kappa shape index (κ2) is 7.36. The first-order chi connectivity index (χ1) is 9.04. The molecule has 114 valence electrons. The van der Waals surface area contributed by atoms with Crippen LogP contribution in [-0.2, 0) is 0 Å². The van der Waals surface area contributed by atoms with Crippen molar-refractivity contribution >= 4 is 12.6 Å². The third kappa shape index (κ3) is 5.01. The lowest BCUT2D eigenvalue weighted by atomic mass is 9.65. The lowest BCUT2D eigenvalue weighted by molar-refractivity contribution is 0.205. The summed E-state index contributed by atoms with van der Waals surface area (Å²) >= 11 is 5.17. The zero-order valence-corrected chi connectivity index (χ0v) is 15.1. The summed E-state index contributed by atoms with van der Waals surface area (Å²) in [6, 6.07) is 0. The van der Waals surface area contributed by atoms with E-state index in [1.165, 1.54) is 5.57 Å². The van der Waals surface area contributed by atoms with Gasteiger partial charge < -0.3 is 0 Å². The van der Waals surface area contributed by atoms with E-state index in [1.807, 2.05) is 12.2 Å². The van der Waals surface area contributed by atoms with Crippen LogP contribution in [0.15, 0.2) is 49.1 Å². The SMILES string of the molecule is C=C/C=C\C(=C/C=C)[C@](S)(CC(C)(C)C)C(C)(C)CC. The Morgan fingerprint density at radius 2 is 1.60 bits per heavy atom. The fourth-order valence-corrected chi connectivity index (χ4v) is 3.20. The van der Waals surface area contributed by atoms with Crippen molar-refractivity contribution in [2.45, 2.75) is 59.1 Å². The number of rotatable bonds is 7. The first-order valence-electron chi connectivity index (χ1n) is 7.39.